The van der Waals surface area contributed by atoms with Gasteiger partial charge in [-0.25, -0.2) is 4.79 Å². The maximum absolute atomic E-state index is 12.5. The summed E-state index contributed by atoms with van der Waals surface area (Å²) in [6, 6.07) is 5.05. The number of hydrogen-bond acceptors (Lipinski definition) is 5. The van der Waals surface area contributed by atoms with Crippen molar-refractivity contribution >= 4 is 11.8 Å². The topological polar surface area (TPSA) is 84.1 Å². The maximum atomic E-state index is 12.5. The van der Waals surface area contributed by atoms with Crippen LogP contribution in [-0.4, -0.2) is 29.5 Å². The van der Waals surface area contributed by atoms with Crippen LogP contribution >= 0.6 is 0 Å². The number of nitrogens with one attached hydrogen (secondary N) is 1. The van der Waals surface area contributed by atoms with Crippen molar-refractivity contribution in [3.8, 4) is 6.07 Å². The van der Waals surface area contributed by atoms with Crippen LogP contribution < -0.4 is 5.32 Å². The average Bonchev–Trinajstić information content (AvgIpc) is 3.09. The molecule has 1 saturated heterocycles. The van der Waals surface area contributed by atoms with Gasteiger partial charge < -0.3 is 14.6 Å². The van der Waals surface area contributed by atoms with Crippen LogP contribution in [0.3, 0.4) is 0 Å². The first-order chi connectivity index (χ1) is 10.1. The molecule has 2 heterocycles. The van der Waals surface area contributed by atoms with Gasteiger partial charge in [0.2, 0.25) is 5.78 Å². The average molecular weight is 287 g/mol. The van der Waals surface area contributed by atoms with Crippen molar-refractivity contribution in [3.63, 3.8) is 0 Å². The Morgan fingerprint density at radius 1 is 1.43 bits per heavy atom. The smallest absolute Gasteiger partial charge is 0.354 e. The van der Waals surface area contributed by atoms with E-state index in [2.05, 4.69) is 5.32 Å². The molecule has 1 aliphatic heterocycles. The van der Waals surface area contributed by atoms with Gasteiger partial charge in [-0.1, -0.05) is 0 Å². The second-order valence-electron chi connectivity index (χ2n) is 4.71. The Morgan fingerprint density at radius 3 is 2.71 bits per heavy atom. The molecule has 1 aliphatic rings. The van der Waals surface area contributed by atoms with E-state index in [4.69, 9.17) is 4.74 Å². The molecule has 1 aromatic rings. The first-order valence-corrected chi connectivity index (χ1v) is 6.84. The lowest BCUT2D eigenvalue weighted by Crippen LogP contribution is -2.17. The van der Waals surface area contributed by atoms with Gasteiger partial charge >= 0.3 is 5.97 Å². The minimum absolute atomic E-state index is 0.115. The Kier molecular flexibility index (Phi) is 4.43. The third kappa shape index (κ3) is 2.82. The third-order valence-electron chi connectivity index (χ3n) is 3.42. The highest BCUT2D eigenvalue weighted by Crippen LogP contribution is 2.19. The summed E-state index contributed by atoms with van der Waals surface area (Å²) < 4.78 is 6.39. The van der Waals surface area contributed by atoms with Crippen molar-refractivity contribution in [3.05, 3.63) is 34.8 Å². The lowest BCUT2D eigenvalue weighted by atomic mass is 10.1. The number of carbonyl (C=O) groups is 2. The molecule has 0 aromatic carbocycles. The van der Waals surface area contributed by atoms with Crippen LogP contribution in [0.2, 0.25) is 0 Å². The quantitative estimate of drug-likeness (QED) is 0.393. The maximum Gasteiger partial charge on any atom is 0.354 e. The van der Waals surface area contributed by atoms with Gasteiger partial charge in [0.25, 0.3) is 0 Å². The predicted molar refractivity (Wildman–Crippen MR) is 75.6 cm³/mol. The minimum atomic E-state index is -0.482. The van der Waals surface area contributed by atoms with Crippen molar-refractivity contribution in [2.75, 3.05) is 13.2 Å². The molecule has 21 heavy (non-hydrogen) atoms. The van der Waals surface area contributed by atoms with E-state index in [9.17, 15) is 14.9 Å². The van der Waals surface area contributed by atoms with Gasteiger partial charge in [-0.3, -0.25) is 4.79 Å². The number of ether oxygens (including phenoxy) is 1. The van der Waals surface area contributed by atoms with E-state index in [0.29, 0.717) is 23.5 Å². The number of aromatic nitrogens is 1. The molecule has 0 atom stereocenters. The fourth-order valence-corrected chi connectivity index (χ4v) is 2.34. The van der Waals surface area contributed by atoms with Crippen LogP contribution in [0.25, 0.3) is 0 Å². The summed E-state index contributed by atoms with van der Waals surface area (Å²) in [5.74, 6) is -0.857. The monoisotopic (exact) mass is 287 g/mol. The second-order valence-corrected chi connectivity index (χ2v) is 4.71. The molecule has 0 bridgehead atoms. The van der Waals surface area contributed by atoms with Gasteiger partial charge in [-0.05, 0) is 31.9 Å². The number of carbonyl (C=O) groups excluding carboxylic acids is 2. The number of rotatable bonds is 4. The van der Waals surface area contributed by atoms with Gasteiger partial charge in [-0.2, -0.15) is 5.26 Å². The summed E-state index contributed by atoms with van der Waals surface area (Å²) in [5, 5.41) is 12.3. The Labute approximate surface area is 123 Å². The molecule has 1 fully saturated rings. The number of esters is 1. The molecule has 2 rings (SSSR count). The zero-order valence-corrected chi connectivity index (χ0v) is 12.1. The molecule has 0 amide bonds. The standard InChI is InChI=1S/C15H17N3O3/c1-3-21-15(20)13-7-6-12(18(13)2)14(19)10(9-16)11-5-4-8-17-11/h6-7,17H,3-5,8H2,1-2H3. The van der Waals surface area contributed by atoms with Crippen molar-refractivity contribution < 1.29 is 14.3 Å². The summed E-state index contributed by atoms with van der Waals surface area (Å²) in [7, 11) is 1.61. The summed E-state index contributed by atoms with van der Waals surface area (Å²) in [5.41, 5.74) is 1.39. The molecule has 0 spiro atoms. The van der Waals surface area contributed by atoms with Crippen molar-refractivity contribution in [2.45, 2.75) is 19.8 Å². The van der Waals surface area contributed by atoms with Crippen molar-refractivity contribution in [2.24, 2.45) is 7.05 Å². The molecule has 0 unspecified atom stereocenters. The lowest BCUT2D eigenvalue weighted by molar-refractivity contribution is 0.0515. The van der Waals surface area contributed by atoms with Crippen LogP contribution in [0.5, 0.6) is 0 Å². The number of ketones is 1. The number of Topliss-reactive ketones (excluding diaryl/α,β-unsaturated/α-hetero) is 1. The number of nitriles is 1. The van der Waals surface area contributed by atoms with Crippen LogP contribution in [0, 0.1) is 11.3 Å². The summed E-state index contributed by atoms with van der Waals surface area (Å²) in [6.07, 6.45) is 1.61. The molecular weight excluding hydrogens is 270 g/mol. The summed E-state index contributed by atoms with van der Waals surface area (Å²) >= 11 is 0. The van der Waals surface area contributed by atoms with Gasteiger partial charge in [0.15, 0.2) is 0 Å². The van der Waals surface area contributed by atoms with Gasteiger partial charge in [0.05, 0.1) is 12.3 Å². The van der Waals surface area contributed by atoms with E-state index in [1.807, 2.05) is 6.07 Å². The van der Waals surface area contributed by atoms with Crippen LogP contribution in [-0.2, 0) is 11.8 Å². The highest BCUT2D eigenvalue weighted by molar-refractivity contribution is 6.11. The highest BCUT2D eigenvalue weighted by Gasteiger charge is 2.24. The van der Waals surface area contributed by atoms with E-state index in [-0.39, 0.29) is 18.0 Å². The fraction of sp³-hybridized carbons (Fsp3) is 0.400. The Hall–Kier alpha value is -2.55. The summed E-state index contributed by atoms with van der Waals surface area (Å²) in [4.78, 5) is 24.2. The van der Waals surface area contributed by atoms with E-state index < -0.39 is 5.97 Å². The van der Waals surface area contributed by atoms with Crippen LogP contribution in [0.15, 0.2) is 23.4 Å². The largest absolute Gasteiger partial charge is 0.461 e. The van der Waals surface area contributed by atoms with E-state index in [0.717, 1.165) is 13.0 Å². The molecule has 6 heteroatoms. The number of allylic oxidation sites excluding steroid dienone is 2. The van der Waals surface area contributed by atoms with Crippen molar-refractivity contribution in [1.29, 1.82) is 5.26 Å². The molecule has 6 nitrogen and oxygen atoms in total. The molecule has 110 valence electrons. The Bertz CT molecular complexity index is 642. The SMILES string of the molecule is CCOC(=O)c1ccc(C(=O)C(C#N)=C2CCCN2)n1C. The van der Waals surface area contributed by atoms with E-state index in [1.54, 1.807) is 20.0 Å². The number of nitrogens with zero attached hydrogens (tertiary/aromatic N) is 2. The lowest BCUT2D eigenvalue weighted by Gasteiger charge is -2.07. The minimum Gasteiger partial charge on any atom is -0.461 e. The molecular formula is C15H17N3O3. The van der Waals surface area contributed by atoms with E-state index in [1.165, 1.54) is 10.6 Å². The van der Waals surface area contributed by atoms with Gasteiger partial charge in [0.1, 0.15) is 17.3 Å². The Morgan fingerprint density at radius 2 is 2.14 bits per heavy atom. The fourth-order valence-electron chi connectivity index (χ4n) is 2.34. The van der Waals surface area contributed by atoms with E-state index >= 15 is 0 Å². The molecule has 0 aliphatic carbocycles. The molecule has 0 radical (unpaired) electrons. The molecule has 1 N–H and O–H groups in total. The first kappa shape index (κ1) is 14.9. The normalized spacial score (nSPS) is 16.0. The van der Waals surface area contributed by atoms with Crippen molar-refractivity contribution in [1.82, 2.24) is 9.88 Å². The third-order valence-corrected chi connectivity index (χ3v) is 3.42. The van der Waals surface area contributed by atoms with Gasteiger partial charge in [-0.15, -0.1) is 0 Å². The second kappa shape index (κ2) is 6.27. The summed E-state index contributed by atoms with van der Waals surface area (Å²) in [6.45, 7) is 2.76. The molecule has 0 saturated carbocycles. The van der Waals surface area contributed by atoms with Crippen LogP contribution in [0.1, 0.15) is 40.7 Å². The Balaban J connectivity index is 2.34. The zero-order chi connectivity index (χ0) is 15.4. The highest BCUT2D eigenvalue weighted by atomic mass is 16.5. The first-order valence-electron chi connectivity index (χ1n) is 6.84. The van der Waals surface area contributed by atoms with Crippen LogP contribution in [0.4, 0.5) is 0 Å². The predicted octanol–water partition coefficient (Wildman–Crippen LogP) is 1.55. The number of hydrogen-bond donors (Lipinski definition) is 1. The van der Waals surface area contributed by atoms with Gasteiger partial charge in [0, 0.05) is 19.3 Å². The molecule has 1 aromatic heterocycles. The zero-order valence-electron chi connectivity index (χ0n) is 12.1.